The van der Waals surface area contributed by atoms with Crippen LogP contribution in [0.5, 0.6) is 11.5 Å². The first-order valence-corrected chi connectivity index (χ1v) is 11.0. The highest BCUT2D eigenvalue weighted by atomic mass is 16.5. The van der Waals surface area contributed by atoms with E-state index in [4.69, 9.17) is 9.47 Å². The molecular formula is C25H31N3O3. The molecule has 1 atom stereocenters. The van der Waals surface area contributed by atoms with Gasteiger partial charge in [-0.1, -0.05) is 24.3 Å². The molecule has 2 heterocycles. The van der Waals surface area contributed by atoms with Gasteiger partial charge in [0.25, 0.3) is 0 Å². The molecule has 0 radical (unpaired) electrons. The van der Waals surface area contributed by atoms with E-state index in [0.717, 1.165) is 53.2 Å². The molecule has 0 unspecified atom stereocenters. The van der Waals surface area contributed by atoms with Crippen molar-refractivity contribution in [3.63, 3.8) is 0 Å². The van der Waals surface area contributed by atoms with Crippen molar-refractivity contribution in [2.45, 2.75) is 25.2 Å². The SMILES string of the molecule is COc1ccc([C@H](CC(=O)NCCN2CCCC2)c2c[nH]c3ccccc23)c(OC)c1. The summed E-state index contributed by atoms with van der Waals surface area (Å²) >= 11 is 0. The summed E-state index contributed by atoms with van der Waals surface area (Å²) < 4.78 is 11.0. The van der Waals surface area contributed by atoms with Crippen molar-refractivity contribution < 1.29 is 14.3 Å². The minimum absolute atomic E-state index is 0.0485. The summed E-state index contributed by atoms with van der Waals surface area (Å²) in [7, 11) is 3.29. The van der Waals surface area contributed by atoms with Crippen molar-refractivity contribution in [2.75, 3.05) is 40.4 Å². The molecular weight excluding hydrogens is 390 g/mol. The Balaban J connectivity index is 1.59. The monoisotopic (exact) mass is 421 g/mol. The van der Waals surface area contributed by atoms with Gasteiger partial charge in [-0.25, -0.2) is 0 Å². The maximum Gasteiger partial charge on any atom is 0.220 e. The van der Waals surface area contributed by atoms with Gasteiger partial charge < -0.3 is 24.7 Å². The van der Waals surface area contributed by atoms with Crippen molar-refractivity contribution in [3.8, 4) is 11.5 Å². The molecule has 1 aromatic heterocycles. The largest absolute Gasteiger partial charge is 0.497 e. The lowest BCUT2D eigenvalue weighted by Crippen LogP contribution is -2.34. The molecule has 4 rings (SSSR count). The minimum atomic E-state index is -0.135. The van der Waals surface area contributed by atoms with E-state index in [1.54, 1.807) is 14.2 Å². The number of ether oxygens (including phenoxy) is 2. The molecule has 0 saturated carbocycles. The van der Waals surface area contributed by atoms with Gasteiger partial charge in [-0.3, -0.25) is 4.79 Å². The second-order valence-corrected chi connectivity index (χ2v) is 8.05. The fraction of sp³-hybridized carbons (Fsp3) is 0.400. The van der Waals surface area contributed by atoms with Crippen LogP contribution >= 0.6 is 0 Å². The molecule has 6 heteroatoms. The molecule has 2 aromatic carbocycles. The fourth-order valence-electron chi connectivity index (χ4n) is 4.49. The molecule has 6 nitrogen and oxygen atoms in total. The van der Waals surface area contributed by atoms with E-state index in [-0.39, 0.29) is 11.8 Å². The third kappa shape index (κ3) is 4.85. The topological polar surface area (TPSA) is 66.6 Å². The van der Waals surface area contributed by atoms with E-state index in [1.807, 2.05) is 36.5 Å². The number of fused-ring (bicyclic) bond motifs is 1. The average molecular weight is 422 g/mol. The summed E-state index contributed by atoms with van der Waals surface area (Å²) in [4.78, 5) is 18.7. The second kappa shape index (κ2) is 9.88. The first-order valence-electron chi connectivity index (χ1n) is 11.0. The molecule has 2 N–H and O–H groups in total. The highest BCUT2D eigenvalue weighted by molar-refractivity contribution is 5.86. The van der Waals surface area contributed by atoms with Crippen LogP contribution < -0.4 is 14.8 Å². The Morgan fingerprint density at radius 1 is 1.10 bits per heavy atom. The first-order chi connectivity index (χ1) is 15.2. The second-order valence-electron chi connectivity index (χ2n) is 8.05. The standard InChI is InChI=1S/C25H31N3O3/c1-30-18-9-10-20(24(15-18)31-2)21(22-17-27-23-8-4-3-7-19(22)23)16-25(29)26-11-14-28-12-5-6-13-28/h3-4,7-10,15,17,21,27H,5-6,11-14,16H2,1-2H3,(H,26,29)/t21-/m0/s1. The molecule has 31 heavy (non-hydrogen) atoms. The molecule has 164 valence electrons. The van der Waals surface area contributed by atoms with Gasteiger partial charge in [0.1, 0.15) is 11.5 Å². The summed E-state index contributed by atoms with van der Waals surface area (Å²) in [6.07, 6.45) is 4.88. The Bertz CT molecular complexity index is 1020. The van der Waals surface area contributed by atoms with Crippen molar-refractivity contribution in [1.29, 1.82) is 0 Å². The minimum Gasteiger partial charge on any atom is -0.497 e. The summed E-state index contributed by atoms with van der Waals surface area (Å²) in [6.45, 7) is 3.86. The van der Waals surface area contributed by atoms with E-state index in [2.05, 4.69) is 27.3 Å². The van der Waals surface area contributed by atoms with Crippen molar-refractivity contribution in [1.82, 2.24) is 15.2 Å². The van der Waals surface area contributed by atoms with Gasteiger partial charge in [-0.15, -0.1) is 0 Å². The van der Waals surface area contributed by atoms with Crippen LogP contribution in [0.4, 0.5) is 0 Å². The Labute approximate surface area is 183 Å². The molecule has 1 fully saturated rings. The molecule has 0 bridgehead atoms. The maximum atomic E-state index is 12.9. The van der Waals surface area contributed by atoms with E-state index >= 15 is 0 Å². The van der Waals surface area contributed by atoms with Crippen LogP contribution in [0, 0.1) is 0 Å². The molecule has 3 aromatic rings. The third-order valence-electron chi connectivity index (χ3n) is 6.15. The van der Waals surface area contributed by atoms with E-state index in [0.29, 0.717) is 13.0 Å². The zero-order valence-corrected chi connectivity index (χ0v) is 18.3. The Morgan fingerprint density at radius 2 is 1.90 bits per heavy atom. The fourth-order valence-corrected chi connectivity index (χ4v) is 4.49. The summed E-state index contributed by atoms with van der Waals surface area (Å²) in [5.74, 6) is 1.36. The number of hydrogen-bond acceptors (Lipinski definition) is 4. The number of para-hydroxylation sites is 1. The van der Waals surface area contributed by atoms with Gasteiger partial charge in [0.05, 0.1) is 14.2 Å². The number of nitrogens with zero attached hydrogens (tertiary/aromatic N) is 1. The molecule has 1 amide bonds. The Hall–Kier alpha value is -2.99. The third-order valence-corrected chi connectivity index (χ3v) is 6.15. The zero-order chi connectivity index (χ0) is 21.6. The van der Waals surface area contributed by atoms with Crippen LogP contribution in [-0.4, -0.2) is 56.2 Å². The number of carbonyl (C=O) groups is 1. The molecule has 1 saturated heterocycles. The number of methoxy groups -OCH3 is 2. The van der Waals surface area contributed by atoms with Crippen LogP contribution in [0.25, 0.3) is 10.9 Å². The number of hydrogen-bond donors (Lipinski definition) is 2. The van der Waals surface area contributed by atoms with Gasteiger partial charge in [0, 0.05) is 54.2 Å². The van der Waals surface area contributed by atoms with Crippen LogP contribution in [0.3, 0.4) is 0 Å². The lowest BCUT2D eigenvalue weighted by atomic mass is 9.87. The van der Waals surface area contributed by atoms with E-state index in [1.165, 1.54) is 12.8 Å². The van der Waals surface area contributed by atoms with Gasteiger partial charge in [-0.2, -0.15) is 0 Å². The molecule has 1 aliphatic heterocycles. The predicted octanol–water partition coefficient (Wildman–Crippen LogP) is 3.92. The number of aromatic amines is 1. The van der Waals surface area contributed by atoms with Crippen LogP contribution in [0.15, 0.2) is 48.7 Å². The summed E-state index contributed by atoms with van der Waals surface area (Å²) in [5, 5.41) is 4.24. The van der Waals surface area contributed by atoms with Crippen LogP contribution in [0.2, 0.25) is 0 Å². The summed E-state index contributed by atoms with van der Waals surface area (Å²) in [6, 6.07) is 14.0. The zero-order valence-electron chi connectivity index (χ0n) is 18.3. The number of carbonyl (C=O) groups excluding carboxylic acids is 1. The highest BCUT2D eigenvalue weighted by Gasteiger charge is 2.25. The maximum absolute atomic E-state index is 12.9. The molecule has 0 spiro atoms. The number of rotatable bonds is 9. The van der Waals surface area contributed by atoms with Crippen molar-refractivity contribution in [2.24, 2.45) is 0 Å². The quantitative estimate of drug-likeness (QED) is 0.550. The first kappa shape index (κ1) is 21.2. The van der Waals surface area contributed by atoms with Crippen LogP contribution in [-0.2, 0) is 4.79 Å². The Morgan fingerprint density at radius 3 is 2.68 bits per heavy atom. The van der Waals surface area contributed by atoms with Gasteiger partial charge in [0.15, 0.2) is 0 Å². The Kier molecular flexibility index (Phi) is 6.77. The van der Waals surface area contributed by atoms with Gasteiger partial charge in [-0.05, 0) is 43.6 Å². The predicted molar refractivity (Wildman–Crippen MR) is 123 cm³/mol. The van der Waals surface area contributed by atoms with E-state index < -0.39 is 0 Å². The van der Waals surface area contributed by atoms with Gasteiger partial charge in [0.2, 0.25) is 5.91 Å². The number of benzene rings is 2. The number of H-pyrrole nitrogens is 1. The number of likely N-dealkylation sites (tertiary alicyclic amines) is 1. The molecule has 0 aliphatic carbocycles. The van der Waals surface area contributed by atoms with E-state index in [9.17, 15) is 4.79 Å². The normalized spacial score (nSPS) is 15.2. The number of nitrogens with one attached hydrogen (secondary N) is 2. The van der Waals surface area contributed by atoms with Crippen molar-refractivity contribution in [3.05, 3.63) is 59.8 Å². The number of aromatic nitrogens is 1. The van der Waals surface area contributed by atoms with Crippen molar-refractivity contribution >= 4 is 16.8 Å². The smallest absolute Gasteiger partial charge is 0.220 e. The molecule has 1 aliphatic rings. The summed E-state index contributed by atoms with van der Waals surface area (Å²) in [5.41, 5.74) is 3.13. The number of amides is 1. The lowest BCUT2D eigenvalue weighted by Gasteiger charge is -2.21. The lowest BCUT2D eigenvalue weighted by molar-refractivity contribution is -0.121. The average Bonchev–Trinajstić information content (AvgIpc) is 3.47. The van der Waals surface area contributed by atoms with Gasteiger partial charge >= 0.3 is 0 Å². The van der Waals surface area contributed by atoms with Crippen LogP contribution in [0.1, 0.15) is 36.3 Å². The highest BCUT2D eigenvalue weighted by Crippen LogP contribution is 2.39.